The van der Waals surface area contributed by atoms with Crippen molar-refractivity contribution in [3.05, 3.63) is 53.7 Å². The number of piperazine rings is 1. The average molecular weight is 534 g/mol. The Morgan fingerprint density at radius 1 is 1.13 bits per heavy atom. The van der Waals surface area contributed by atoms with E-state index in [9.17, 15) is 4.79 Å². The SMILES string of the molecule is C.CCN(CC)[C@@H](C)CCC(=O)c1cc(-c2cnn3ccc(-c4cccs4)nc23)nc(N2CCNCC2)c1. The molecule has 0 aromatic carbocycles. The van der Waals surface area contributed by atoms with E-state index in [-0.39, 0.29) is 13.2 Å². The predicted molar refractivity (Wildman–Crippen MR) is 157 cm³/mol. The molecular formula is C29H39N7OS. The first-order chi connectivity index (χ1) is 18.1. The van der Waals surface area contributed by atoms with Gasteiger partial charge in [0.2, 0.25) is 0 Å². The fourth-order valence-electron chi connectivity index (χ4n) is 5.00. The molecule has 5 heterocycles. The molecule has 1 aliphatic rings. The molecule has 202 valence electrons. The number of nitrogens with zero attached hydrogens (tertiary/aromatic N) is 6. The molecule has 5 rings (SSSR count). The highest BCUT2D eigenvalue weighted by Crippen LogP contribution is 2.29. The minimum atomic E-state index is 0. The molecule has 4 aromatic heterocycles. The lowest BCUT2D eigenvalue weighted by molar-refractivity contribution is 0.0964. The van der Waals surface area contributed by atoms with Gasteiger partial charge in [0.25, 0.3) is 0 Å². The molecule has 0 amide bonds. The lowest BCUT2D eigenvalue weighted by atomic mass is 10.0. The van der Waals surface area contributed by atoms with Gasteiger partial charge in [-0.2, -0.15) is 5.10 Å². The molecule has 9 heteroatoms. The number of fused-ring (bicyclic) bond motifs is 1. The molecule has 8 nitrogen and oxygen atoms in total. The third-order valence-corrected chi connectivity index (χ3v) is 8.11. The van der Waals surface area contributed by atoms with Gasteiger partial charge in [-0.15, -0.1) is 11.3 Å². The molecule has 0 bridgehead atoms. The topological polar surface area (TPSA) is 78.7 Å². The van der Waals surface area contributed by atoms with Gasteiger partial charge in [-0.25, -0.2) is 14.5 Å². The Morgan fingerprint density at radius 2 is 1.92 bits per heavy atom. The smallest absolute Gasteiger partial charge is 0.165 e. The van der Waals surface area contributed by atoms with Crippen LogP contribution in [0.2, 0.25) is 0 Å². The number of Topliss-reactive ketones (excluding diaryl/α,β-unsaturated/α-hetero) is 1. The molecule has 1 aliphatic heterocycles. The van der Waals surface area contributed by atoms with Gasteiger partial charge in [-0.3, -0.25) is 4.79 Å². The Morgan fingerprint density at radius 3 is 2.63 bits per heavy atom. The molecule has 0 spiro atoms. The van der Waals surface area contributed by atoms with E-state index in [0.29, 0.717) is 18.0 Å². The predicted octanol–water partition coefficient (Wildman–Crippen LogP) is 5.26. The summed E-state index contributed by atoms with van der Waals surface area (Å²) < 4.78 is 1.78. The minimum Gasteiger partial charge on any atom is -0.354 e. The molecule has 38 heavy (non-hydrogen) atoms. The Balaban J connectivity index is 0.00000336. The second kappa shape index (κ2) is 12.6. The van der Waals surface area contributed by atoms with Crippen LogP contribution < -0.4 is 10.2 Å². The number of hydrogen-bond acceptors (Lipinski definition) is 8. The van der Waals surface area contributed by atoms with Crippen LogP contribution in [-0.4, -0.2) is 75.6 Å². The van der Waals surface area contributed by atoms with Gasteiger partial charge >= 0.3 is 0 Å². The Hall–Kier alpha value is -3.14. The number of nitrogens with one attached hydrogen (secondary N) is 1. The summed E-state index contributed by atoms with van der Waals surface area (Å²) in [6, 6.07) is 10.3. The highest BCUT2D eigenvalue weighted by molar-refractivity contribution is 7.13. The minimum absolute atomic E-state index is 0. The number of pyridine rings is 1. The van der Waals surface area contributed by atoms with E-state index in [1.165, 1.54) is 0 Å². The molecular weight excluding hydrogens is 494 g/mol. The molecule has 4 aromatic rings. The van der Waals surface area contributed by atoms with Crippen LogP contribution in [0.5, 0.6) is 0 Å². The van der Waals surface area contributed by atoms with Crippen LogP contribution in [0.1, 0.15) is 51.4 Å². The van der Waals surface area contributed by atoms with E-state index in [2.05, 4.69) is 52.4 Å². The number of carbonyl (C=O) groups is 1. The Labute approximate surface area is 229 Å². The van der Waals surface area contributed by atoms with E-state index in [1.54, 1.807) is 22.0 Å². The van der Waals surface area contributed by atoms with Crippen LogP contribution in [0.4, 0.5) is 5.82 Å². The van der Waals surface area contributed by atoms with E-state index >= 15 is 0 Å². The van der Waals surface area contributed by atoms with E-state index in [4.69, 9.17) is 9.97 Å². The highest BCUT2D eigenvalue weighted by atomic mass is 32.1. The van der Waals surface area contributed by atoms with Crippen molar-refractivity contribution in [2.24, 2.45) is 0 Å². The van der Waals surface area contributed by atoms with Crippen molar-refractivity contribution < 1.29 is 4.79 Å². The zero-order valence-corrected chi connectivity index (χ0v) is 22.7. The first-order valence-electron chi connectivity index (χ1n) is 13.2. The van der Waals surface area contributed by atoms with Crippen molar-refractivity contribution in [3.8, 4) is 21.8 Å². The van der Waals surface area contributed by atoms with E-state index < -0.39 is 0 Å². The second-order valence-corrected chi connectivity index (χ2v) is 10.4. The van der Waals surface area contributed by atoms with Crippen LogP contribution in [0.15, 0.2) is 48.1 Å². The molecule has 1 saturated heterocycles. The number of hydrogen-bond donors (Lipinski definition) is 1. The molecule has 0 unspecified atom stereocenters. The fourth-order valence-corrected chi connectivity index (χ4v) is 5.69. The summed E-state index contributed by atoms with van der Waals surface area (Å²) in [5, 5.41) is 9.99. The van der Waals surface area contributed by atoms with Gasteiger partial charge in [-0.05, 0) is 56.1 Å². The van der Waals surface area contributed by atoms with Crippen LogP contribution in [0, 0.1) is 0 Å². The number of rotatable bonds is 10. The van der Waals surface area contributed by atoms with Crippen molar-refractivity contribution in [3.63, 3.8) is 0 Å². The summed E-state index contributed by atoms with van der Waals surface area (Å²) in [6.07, 6.45) is 5.09. The van der Waals surface area contributed by atoms with Gasteiger partial charge in [0.1, 0.15) is 5.82 Å². The first kappa shape index (κ1) is 27.9. The zero-order chi connectivity index (χ0) is 25.8. The highest BCUT2D eigenvalue weighted by Gasteiger charge is 2.20. The zero-order valence-electron chi connectivity index (χ0n) is 21.9. The number of carbonyl (C=O) groups excluding carboxylic acids is 1. The molecule has 0 saturated carbocycles. The van der Waals surface area contributed by atoms with Gasteiger partial charge in [0.05, 0.1) is 28.0 Å². The van der Waals surface area contributed by atoms with Crippen LogP contribution >= 0.6 is 11.3 Å². The van der Waals surface area contributed by atoms with Crippen LogP contribution in [0.3, 0.4) is 0 Å². The molecule has 1 N–H and O–H groups in total. The van der Waals surface area contributed by atoms with E-state index in [1.807, 2.05) is 30.5 Å². The second-order valence-electron chi connectivity index (χ2n) is 9.48. The molecule has 1 fully saturated rings. The van der Waals surface area contributed by atoms with Crippen LogP contribution in [0.25, 0.3) is 27.5 Å². The summed E-state index contributed by atoms with van der Waals surface area (Å²) >= 11 is 1.66. The van der Waals surface area contributed by atoms with Gasteiger partial charge in [0.15, 0.2) is 11.4 Å². The van der Waals surface area contributed by atoms with Crippen molar-refractivity contribution in [1.29, 1.82) is 0 Å². The standard InChI is InChI=1S/C28H35N7OS.CH4/c1-4-33(5-2)20(3)8-9-25(36)21-17-24(31-27(18-21)34-14-11-29-12-15-34)22-19-30-35-13-10-23(32-28(22)35)26-7-6-16-37-26;/h6-7,10,13,16-20,29H,4-5,8-9,11-12,14-15H2,1-3H3;1H4/t20-;/m0./s1. The van der Waals surface area contributed by atoms with Gasteiger partial charge in [-0.1, -0.05) is 27.3 Å². The van der Waals surface area contributed by atoms with Crippen molar-refractivity contribution in [1.82, 2.24) is 29.8 Å². The first-order valence-corrected chi connectivity index (χ1v) is 14.1. The van der Waals surface area contributed by atoms with Crippen molar-refractivity contribution >= 4 is 28.6 Å². The Kier molecular flexibility index (Phi) is 9.25. The molecule has 1 atom stereocenters. The number of aromatic nitrogens is 4. The fraction of sp³-hybridized carbons (Fsp3) is 0.448. The monoisotopic (exact) mass is 533 g/mol. The van der Waals surface area contributed by atoms with Crippen molar-refractivity contribution in [2.75, 3.05) is 44.2 Å². The number of anilines is 1. The summed E-state index contributed by atoms with van der Waals surface area (Å²) in [5.41, 5.74) is 3.93. The third-order valence-electron chi connectivity index (χ3n) is 7.22. The summed E-state index contributed by atoms with van der Waals surface area (Å²) in [5.74, 6) is 0.996. The Bertz CT molecular complexity index is 1340. The quantitative estimate of drug-likeness (QED) is 0.279. The summed E-state index contributed by atoms with van der Waals surface area (Å²) in [6.45, 7) is 12.1. The lowest BCUT2D eigenvalue weighted by Gasteiger charge is -2.29. The maximum absolute atomic E-state index is 13.5. The summed E-state index contributed by atoms with van der Waals surface area (Å²) in [7, 11) is 0. The van der Waals surface area contributed by atoms with Crippen molar-refractivity contribution in [2.45, 2.75) is 47.1 Å². The normalized spacial score (nSPS) is 14.6. The number of thiophene rings is 1. The van der Waals surface area contributed by atoms with Crippen LogP contribution in [-0.2, 0) is 0 Å². The third kappa shape index (κ3) is 5.95. The summed E-state index contributed by atoms with van der Waals surface area (Å²) in [4.78, 5) is 29.2. The molecule has 0 radical (unpaired) electrons. The molecule has 0 aliphatic carbocycles. The van der Waals surface area contributed by atoms with Gasteiger partial charge < -0.3 is 15.1 Å². The largest absolute Gasteiger partial charge is 0.354 e. The maximum Gasteiger partial charge on any atom is 0.165 e. The van der Waals surface area contributed by atoms with Gasteiger partial charge in [0, 0.05) is 50.4 Å². The maximum atomic E-state index is 13.5. The lowest BCUT2D eigenvalue weighted by Crippen LogP contribution is -2.44. The number of ketones is 1. The van der Waals surface area contributed by atoms with E-state index in [0.717, 1.165) is 79.0 Å². The average Bonchev–Trinajstić information content (AvgIpc) is 3.63.